The zero-order valence-electron chi connectivity index (χ0n) is 11.7. The van der Waals surface area contributed by atoms with E-state index in [0.29, 0.717) is 18.6 Å². The molecule has 4 heteroatoms. The molecule has 104 valence electrons. The Morgan fingerprint density at radius 2 is 2.17 bits per heavy atom. The monoisotopic (exact) mass is 254 g/mol. The predicted octanol–water partition coefficient (Wildman–Crippen LogP) is 1.54. The Balaban J connectivity index is 1.88. The normalized spacial score (nSPS) is 29.7. The highest BCUT2D eigenvalue weighted by molar-refractivity contribution is 5.71. The molecule has 0 aliphatic carbocycles. The zero-order chi connectivity index (χ0) is 13.0. The Morgan fingerprint density at radius 3 is 2.83 bits per heavy atom. The number of carbonyl (C=O) groups is 1. The van der Waals surface area contributed by atoms with Crippen molar-refractivity contribution >= 4 is 5.97 Å². The molecule has 4 nitrogen and oxygen atoms in total. The van der Waals surface area contributed by atoms with Crippen molar-refractivity contribution in [3.63, 3.8) is 0 Å². The summed E-state index contributed by atoms with van der Waals surface area (Å²) in [6, 6.07) is 1.11. The molecule has 2 unspecified atom stereocenters. The van der Waals surface area contributed by atoms with E-state index in [1.807, 2.05) is 13.8 Å². The molecule has 2 rings (SSSR count). The van der Waals surface area contributed by atoms with Crippen LogP contribution in [-0.4, -0.2) is 48.7 Å². The Hall–Kier alpha value is -0.610. The Morgan fingerprint density at radius 1 is 1.33 bits per heavy atom. The molecule has 2 heterocycles. The second kappa shape index (κ2) is 6.53. The van der Waals surface area contributed by atoms with E-state index >= 15 is 0 Å². The largest absolute Gasteiger partial charge is 0.462 e. The number of carbonyl (C=O) groups excluding carboxylic acids is 1. The number of esters is 1. The van der Waals surface area contributed by atoms with Gasteiger partial charge in [-0.15, -0.1) is 0 Å². The van der Waals surface area contributed by atoms with E-state index in [1.165, 1.54) is 32.1 Å². The lowest BCUT2D eigenvalue weighted by Gasteiger charge is -2.38. The van der Waals surface area contributed by atoms with Crippen LogP contribution < -0.4 is 5.32 Å². The molecule has 2 fully saturated rings. The van der Waals surface area contributed by atoms with Gasteiger partial charge in [0.25, 0.3) is 0 Å². The minimum Gasteiger partial charge on any atom is -0.462 e. The van der Waals surface area contributed by atoms with E-state index in [2.05, 4.69) is 10.2 Å². The second-order valence-electron chi connectivity index (χ2n) is 5.78. The highest BCUT2D eigenvalue weighted by Gasteiger charge is 2.32. The van der Waals surface area contributed by atoms with Crippen molar-refractivity contribution in [2.24, 2.45) is 0 Å². The molecule has 0 aromatic carbocycles. The first-order chi connectivity index (χ1) is 8.66. The topological polar surface area (TPSA) is 41.6 Å². The molecule has 2 saturated heterocycles. The summed E-state index contributed by atoms with van der Waals surface area (Å²) < 4.78 is 5.26. The van der Waals surface area contributed by atoms with Gasteiger partial charge in [-0.2, -0.15) is 0 Å². The SMILES string of the molecule is CC(C)OC(=O)CN1CCCCC1C1CCCN1. The van der Waals surface area contributed by atoms with E-state index in [0.717, 1.165) is 13.1 Å². The first kappa shape index (κ1) is 13.8. The molecule has 0 amide bonds. The van der Waals surface area contributed by atoms with E-state index in [9.17, 15) is 4.79 Å². The summed E-state index contributed by atoms with van der Waals surface area (Å²) in [5.41, 5.74) is 0. The van der Waals surface area contributed by atoms with Crippen molar-refractivity contribution in [3.05, 3.63) is 0 Å². The fourth-order valence-electron chi connectivity index (χ4n) is 3.17. The van der Waals surface area contributed by atoms with Crippen molar-refractivity contribution in [2.75, 3.05) is 19.6 Å². The molecular weight excluding hydrogens is 228 g/mol. The molecular formula is C14H26N2O2. The summed E-state index contributed by atoms with van der Waals surface area (Å²) in [4.78, 5) is 14.1. The third-order valence-corrected chi connectivity index (χ3v) is 3.93. The lowest BCUT2D eigenvalue weighted by molar-refractivity contribution is -0.149. The number of piperidine rings is 1. The number of likely N-dealkylation sites (tertiary alicyclic amines) is 1. The third-order valence-electron chi connectivity index (χ3n) is 3.93. The molecule has 2 aliphatic rings. The van der Waals surface area contributed by atoms with Gasteiger partial charge in [0, 0.05) is 12.1 Å². The van der Waals surface area contributed by atoms with Crippen LogP contribution in [0.3, 0.4) is 0 Å². The van der Waals surface area contributed by atoms with Crippen LogP contribution in [0.25, 0.3) is 0 Å². The average Bonchev–Trinajstić information content (AvgIpc) is 2.81. The summed E-state index contributed by atoms with van der Waals surface area (Å²) in [7, 11) is 0. The van der Waals surface area contributed by atoms with Crippen LogP contribution in [0.2, 0.25) is 0 Å². The maximum absolute atomic E-state index is 11.8. The number of nitrogens with one attached hydrogen (secondary N) is 1. The quantitative estimate of drug-likeness (QED) is 0.773. The van der Waals surface area contributed by atoms with E-state index in [1.54, 1.807) is 0 Å². The molecule has 2 aliphatic heterocycles. The van der Waals surface area contributed by atoms with E-state index < -0.39 is 0 Å². The van der Waals surface area contributed by atoms with Crippen LogP contribution in [0, 0.1) is 0 Å². The number of ether oxygens (including phenoxy) is 1. The van der Waals surface area contributed by atoms with Gasteiger partial charge < -0.3 is 10.1 Å². The summed E-state index contributed by atoms with van der Waals surface area (Å²) in [6.07, 6.45) is 6.22. The van der Waals surface area contributed by atoms with Gasteiger partial charge in [0.2, 0.25) is 0 Å². The smallest absolute Gasteiger partial charge is 0.320 e. The molecule has 0 radical (unpaired) electrons. The molecule has 0 spiro atoms. The first-order valence-corrected chi connectivity index (χ1v) is 7.33. The molecule has 2 atom stereocenters. The Labute approximate surface area is 110 Å². The van der Waals surface area contributed by atoms with Gasteiger partial charge in [-0.3, -0.25) is 9.69 Å². The molecule has 0 aromatic heterocycles. The Bertz CT molecular complexity index is 275. The van der Waals surface area contributed by atoms with Crippen molar-refractivity contribution in [1.29, 1.82) is 0 Å². The minimum absolute atomic E-state index is 0.00894. The number of hydrogen-bond donors (Lipinski definition) is 1. The number of hydrogen-bond acceptors (Lipinski definition) is 4. The maximum Gasteiger partial charge on any atom is 0.320 e. The fraction of sp³-hybridized carbons (Fsp3) is 0.929. The molecule has 1 N–H and O–H groups in total. The van der Waals surface area contributed by atoms with Gasteiger partial charge in [0.15, 0.2) is 0 Å². The van der Waals surface area contributed by atoms with Crippen LogP contribution in [0.15, 0.2) is 0 Å². The van der Waals surface area contributed by atoms with Crippen LogP contribution in [-0.2, 0) is 9.53 Å². The van der Waals surface area contributed by atoms with Crippen LogP contribution in [0.5, 0.6) is 0 Å². The zero-order valence-corrected chi connectivity index (χ0v) is 11.7. The molecule has 18 heavy (non-hydrogen) atoms. The lowest BCUT2D eigenvalue weighted by atomic mass is 9.94. The Kier molecular flexibility index (Phi) is 5.01. The standard InChI is InChI=1S/C14H26N2O2/c1-11(2)18-14(17)10-16-9-4-3-7-13(16)12-6-5-8-15-12/h11-13,15H,3-10H2,1-2H3. The first-order valence-electron chi connectivity index (χ1n) is 7.33. The average molecular weight is 254 g/mol. The van der Waals surface area contributed by atoms with Crippen LogP contribution in [0.4, 0.5) is 0 Å². The molecule has 0 bridgehead atoms. The fourth-order valence-corrected chi connectivity index (χ4v) is 3.17. The van der Waals surface area contributed by atoms with E-state index in [4.69, 9.17) is 4.74 Å². The maximum atomic E-state index is 11.8. The van der Waals surface area contributed by atoms with Gasteiger partial charge in [-0.1, -0.05) is 6.42 Å². The summed E-state index contributed by atoms with van der Waals surface area (Å²) in [6.45, 7) is 6.44. The van der Waals surface area contributed by atoms with Crippen molar-refractivity contribution in [3.8, 4) is 0 Å². The van der Waals surface area contributed by atoms with Gasteiger partial charge in [-0.05, 0) is 52.6 Å². The van der Waals surface area contributed by atoms with E-state index in [-0.39, 0.29) is 12.1 Å². The highest BCUT2D eigenvalue weighted by Crippen LogP contribution is 2.24. The second-order valence-corrected chi connectivity index (χ2v) is 5.78. The lowest BCUT2D eigenvalue weighted by Crippen LogP contribution is -2.52. The number of rotatable bonds is 4. The van der Waals surface area contributed by atoms with Crippen molar-refractivity contribution in [1.82, 2.24) is 10.2 Å². The summed E-state index contributed by atoms with van der Waals surface area (Å²) in [5, 5.41) is 3.58. The number of nitrogens with zero attached hydrogens (tertiary/aromatic N) is 1. The van der Waals surface area contributed by atoms with Gasteiger partial charge in [-0.25, -0.2) is 0 Å². The predicted molar refractivity (Wildman–Crippen MR) is 71.5 cm³/mol. The van der Waals surface area contributed by atoms with Crippen LogP contribution >= 0.6 is 0 Å². The molecule has 0 saturated carbocycles. The van der Waals surface area contributed by atoms with Gasteiger partial charge in [0.05, 0.1) is 12.6 Å². The summed E-state index contributed by atoms with van der Waals surface area (Å²) >= 11 is 0. The minimum atomic E-state index is -0.0742. The van der Waals surface area contributed by atoms with Crippen LogP contribution in [0.1, 0.15) is 46.0 Å². The summed E-state index contributed by atoms with van der Waals surface area (Å²) in [5.74, 6) is -0.0742. The van der Waals surface area contributed by atoms with Gasteiger partial charge in [0.1, 0.15) is 0 Å². The highest BCUT2D eigenvalue weighted by atomic mass is 16.5. The van der Waals surface area contributed by atoms with Gasteiger partial charge >= 0.3 is 5.97 Å². The van der Waals surface area contributed by atoms with Crippen molar-refractivity contribution < 1.29 is 9.53 Å². The molecule has 0 aromatic rings. The third kappa shape index (κ3) is 3.69. The van der Waals surface area contributed by atoms with Crippen molar-refractivity contribution in [2.45, 2.75) is 64.1 Å².